The zero-order chi connectivity index (χ0) is 0. The molecule has 0 rings (SSSR count). The van der Waals surface area contributed by atoms with Gasteiger partial charge in [0.2, 0.25) is 0 Å². The standard InChI is InChI=1S/B.Ni.H3P.W/h;;1H3;. The molecule has 0 saturated heterocycles. The van der Waals surface area contributed by atoms with Gasteiger partial charge in [-0.3, -0.25) is 0 Å². The molecular formula is H3BNiPW. The van der Waals surface area contributed by atoms with E-state index >= 15 is 0 Å². The Morgan fingerprint density at radius 1 is 1.00 bits per heavy atom. The summed E-state index contributed by atoms with van der Waals surface area (Å²) in [4.78, 5) is 0. The zero-order valence-corrected chi connectivity index (χ0v) is 7.34. The van der Waals surface area contributed by atoms with E-state index in [-0.39, 0.29) is 55.9 Å². The van der Waals surface area contributed by atoms with Crippen LogP contribution in [0.5, 0.6) is 0 Å². The van der Waals surface area contributed by atoms with E-state index in [1.54, 1.807) is 0 Å². The Labute approximate surface area is 55.9 Å². The number of hydrogen-bond acceptors (Lipinski definition) is 0. The van der Waals surface area contributed by atoms with Crippen molar-refractivity contribution in [2.24, 2.45) is 0 Å². The molecule has 0 saturated carbocycles. The van der Waals surface area contributed by atoms with Crippen molar-refractivity contribution in [1.29, 1.82) is 0 Å². The minimum absolute atomic E-state index is 0. The monoisotopic (exact) mass is 287 g/mol. The summed E-state index contributed by atoms with van der Waals surface area (Å²) in [6.45, 7) is 0. The zero-order valence-electron chi connectivity index (χ0n) is 2.01. The predicted molar refractivity (Wildman–Crippen MR) is 16.9 cm³/mol. The first-order valence-electron chi connectivity index (χ1n) is 0. The van der Waals surface area contributed by atoms with Crippen molar-refractivity contribution in [3.05, 3.63) is 0 Å². The van der Waals surface area contributed by atoms with Crippen LogP contribution in [0.1, 0.15) is 0 Å². The summed E-state index contributed by atoms with van der Waals surface area (Å²) in [6.07, 6.45) is 0. The molecule has 0 fully saturated rings. The first-order chi connectivity index (χ1) is 0. The van der Waals surface area contributed by atoms with Gasteiger partial charge in [0.25, 0.3) is 0 Å². The van der Waals surface area contributed by atoms with Gasteiger partial charge in [-0.2, -0.15) is 9.90 Å². The van der Waals surface area contributed by atoms with Gasteiger partial charge in [0.1, 0.15) is 0 Å². The molecule has 0 aromatic rings. The molecule has 0 aliphatic heterocycles. The van der Waals surface area contributed by atoms with E-state index in [1.165, 1.54) is 0 Å². The van der Waals surface area contributed by atoms with E-state index in [2.05, 4.69) is 0 Å². The maximum absolute atomic E-state index is 0. The minimum Gasteiger partial charge on any atom is -0.153 e. The molecule has 3 radical (unpaired) electrons. The van der Waals surface area contributed by atoms with Crippen molar-refractivity contribution in [2.75, 3.05) is 0 Å². The van der Waals surface area contributed by atoms with Gasteiger partial charge in [-0.25, -0.2) is 0 Å². The molecule has 0 aliphatic carbocycles. The molecule has 0 amide bonds. The average molecular weight is 287 g/mol. The second kappa shape index (κ2) is 22.5. The number of rotatable bonds is 0. The van der Waals surface area contributed by atoms with Gasteiger partial charge in [0.15, 0.2) is 0 Å². The topological polar surface area (TPSA) is 0 Å². The van der Waals surface area contributed by atoms with Gasteiger partial charge in [0.05, 0.1) is 0 Å². The van der Waals surface area contributed by atoms with Gasteiger partial charge >= 0.3 is 0 Å². The van der Waals surface area contributed by atoms with Crippen molar-refractivity contribution in [1.82, 2.24) is 0 Å². The van der Waals surface area contributed by atoms with Crippen molar-refractivity contribution in [2.45, 2.75) is 0 Å². The van der Waals surface area contributed by atoms with Gasteiger partial charge in [0, 0.05) is 46.0 Å². The second-order valence-electron chi connectivity index (χ2n) is 0. The van der Waals surface area contributed by atoms with Crippen LogP contribution in [0.3, 0.4) is 0 Å². The summed E-state index contributed by atoms with van der Waals surface area (Å²) in [5.74, 6) is 0. The number of hydrogen-bond donors (Lipinski definition) is 0. The molecule has 1 atom stereocenters. The maximum atomic E-state index is 0. The molecule has 0 nitrogen and oxygen atoms in total. The van der Waals surface area contributed by atoms with Crippen molar-refractivity contribution >= 4 is 18.3 Å². The second-order valence-corrected chi connectivity index (χ2v) is 0. The largest absolute Gasteiger partial charge is 0.153 e. The van der Waals surface area contributed by atoms with Crippen LogP contribution in [-0.2, 0) is 37.6 Å². The normalized spacial score (nSPS) is 0. The molecular weight excluding hydrogens is 284 g/mol. The minimum atomic E-state index is 0. The van der Waals surface area contributed by atoms with E-state index in [4.69, 9.17) is 0 Å². The Kier molecular flexibility index (Phi) is 248. The van der Waals surface area contributed by atoms with Gasteiger partial charge in [-0.15, -0.1) is 0 Å². The Morgan fingerprint density at radius 3 is 1.00 bits per heavy atom. The van der Waals surface area contributed by atoms with Gasteiger partial charge < -0.3 is 0 Å². The van der Waals surface area contributed by atoms with Gasteiger partial charge in [-0.1, -0.05) is 0 Å². The van der Waals surface area contributed by atoms with Crippen LogP contribution in [-0.4, -0.2) is 8.41 Å². The smallest absolute Gasteiger partial charge is 0 e. The fraction of sp³-hybridized carbons (Fsp3) is 0. The van der Waals surface area contributed by atoms with Crippen molar-refractivity contribution < 1.29 is 37.6 Å². The maximum Gasteiger partial charge on any atom is 0 e. The van der Waals surface area contributed by atoms with Crippen LogP contribution in [0.4, 0.5) is 0 Å². The van der Waals surface area contributed by atoms with E-state index < -0.39 is 0 Å². The van der Waals surface area contributed by atoms with Crippen LogP contribution >= 0.6 is 9.90 Å². The summed E-state index contributed by atoms with van der Waals surface area (Å²) >= 11 is 0. The molecule has 0 aromatic carbocycles. The van der Waals surface area contributed by atoms with Crippen LogP contribution in [0, 0.1) is 0 Å². The molecule has 0 heterocycles. The van der Waals surface area contributed by atoms with Gasteiger partial charge in [-0.05, 0) is 0 Å². The SMILES string of the molecule is P.[B].[Ni].[W]. The third-order valence-corrected chi connectivity index (χ3v) is 0. The molecule has 0 aromatic heterocycles. The predicted octanol–water partition coefficient (Wildman–Crippen LogP) is -0.328. The third-order valence-electron chi connectivity index (χ3n) is 0. The molecule has 1 unspecified atom stereocenters. The van der Waals surface area contributed by atoms with Crippen molar-refractivity contribution in [3.63, 3.8) is 0 Å². The molecule has 4 heavy (non-hydrogen) atoms. The Morgan fingerprint density at radius 2 is 1.00 bits per heavy atom. The summed E-state index contributed by atoms with van der Waals surface area (Å²) in [5, 5.41) is 0. The fourth-order valence-corrected chi connectivity index (χ4v) is 0. The van der Waals surface area contributed by atoms with E-state index in [0.717, 1.165) is 0 Å². The molecule has 0 N–H and O–H groups in total. The molecule has 27 valence electrons. The third kappa shape index (κ3) is 9.37. The first kappa shape index (κ1) is 44.2. The summed E-state index contributed by atoms with van der Waals surface area (Å²) in [7, 11) is 0. The van der Waals surface area contributed by atoms with Crippen LogP contribution < -0.4 is 0 Å². The Hall–Kier alpha value is 1.68. The summed E-state index contributed by atoms with van der Waals surface area (Å²) in [6, 6.07) is 0. The average Bonchev–Trinajstić information content (AvgIpc) is 0. The van der Waals surface area contributed by atoms with Crippen LogP contribution in [0.2, 0.25) is 0 Å². The first-order valence-corrected chi connectivity index (χ1v) is 0. The Bertz CT molecular complexity index is 8.00. The fourth-order valence-electron chi connectivity index (χ4n) is 0. The molecule has 0 bridgehead atoms. The quantitative estimate of drug-likeness (QED) is 0.423. The van der Waals surface area contributed by atoms with Crippen LogP contribution in [0.25, 0.3) is 0 Å². The summed E-state index contributed by atoms with van der Waals surface area (Å²) < 4.78 is 0. The van der Waals surface area contributed by atoms with E-state index in [0.29, 0.717) is 0 Å². The van der Waals surface area contributed by atoms with Crippen molar-refractivity contribution in [3.8, 4) is 0 Å². The molecule has 4 heteroatoms. The van der Waals surface area contributed by atoms with E-state index in [9.17, 15) is 0 Å². The summed E-state index contributed by atoms with van der Waals surface area (Å²) in [5.41, 5.74) is 0. The molecule has 0 spiro atoms. The Balaban J connectivity index is 0. The molecule has 0 aliphatic rings. The van der Waals surface area contributed by atoms with E-state index in [1.807, 2.05) is 0 Å². The van der Waals surface area contributed by atoms with Crippen LogP contribution in [0.15, 0.2) is 0 Å².